The third-order valence-electron chi connectivity index (χ3n) is 22.8. The summed E-state index contributed by atoms with van der Waals surface area (Å²) in [5, 5.41) is 123. The summed E-state index contributed by atoms with van der Waals surface area (Å²) >= 11 is 0. The van der Waals surface area contributed by atoms with Crippen molar-refractivity contribution in [3.8, 4) is 0 Å². The van der Waals surface area contributed by atoms with Crippen LogP contribution in [0, 0.1) is 0 Å². The highest BCUT2D eigenvalue weighted by atomic mass is 16.4. The number of hydrogen-bond donors (Lipinski definition) is 14. The summed E-state index contributed by atoms with van der Waals surface area (Å²) in [4.78, 5) is 72.4. The van der Waals surface area contributed by atoms with E-state index >= 15 is 0 Å². The molecule has 0 aromatic carbocycles. The van der Waals surface area contributed by atoms with Crippen molar-refractivity contribution < 1.29 is 105 Å². The van der Waals surface area contributed by atoms with Crippen LogP contribution in [-0.4, -0.2) is 156 Å². The fraction of sp³-hybridized carbons (Fsp3) is 0.931. The van der Waals surface area contributed by atoms with Crippen molar-refractivity contribution in [1.29, 1.82) is 0 Å². The number of hydrogen-bond acceptors (Lipinski definition) is 14. The van der Waals surface area contributed by atoms with Crippen molar-refractivity contribution >= 4 is 41.8 Å². The number of aliphatic hydroxyl groups is 7. The molecule has 0 fully saturated rings. The Morgan fingerprint density at radius 1 is 0.122 bits per heavy atom. The van der Waals surface area contributed by atoms with Gasteiger partial charge in [0.15, 0.2) is 42.7 Å². The summed E-state index contributed by atoms with van der Waals surface area (Å²) in [6.07, 6.45) is 86.4. The first-order valence-electron chi connectivity index (χ1n) is 51.6. The average Bonchev–Trinajstić information content (AvgIpc) is 1.05. The van der Waals surface area contributed by atoms with Gasteiger partial charge in [-0.1, -0.05) is 524 Å². The Bertz CT molecular complexity index is 2000. The van der Waals surface area contributed by atoms with Gasteiger partial charge in [-0.2, -0.15) is 0 Å². The van der Waals surface area contributed by atoms with E-state index < -0.39 is 84.5 Å². The Kier molecular flexibility index (Phi) is 123. The van der Waals surface area contributed by atoms with Gasteiger partial charge < -0.3 is 71.5 Å². The topological polar surface area (TPSA) is 403 Å². The molecule has 0 bridgehead atoms. The van der Waals surface area contributed by atoms with E-state index in [1.54, 1.807) is 0 Å². The number of aliphatic carboxylic acids is 7. The zero-order valence-corrected chi connectivity index (χ0v) is 80.9. The molecule has 0 amide bonds. The highest BCUT2D eigenvalue weighted by Gasteiger charge is 2.17. The Morgan fingerprint density at radius 3 is 0.236 bits per heavy atom. The molecule has 0 aliphatic carbocycles. The second-order valence-electron chi connectivity index (χ2n) is 35.2. The van der Waals surface area contributed by atoms with Crippen LogP contribution in [0.1, 0.15) is 569 Å². The molecular weight excluding hydrogens is 1560 g/mol. The van der Waals surface area contributed by atoms with Gasteiger partial charge in [0.25, 0.3) is 0 Å². The standard InChI is InChI=1S/C18H36O3.2C16H32O3.2C14H28O3.2C12H24O3/c1-2-3-4-5-6-7-8-9-10-11-12-13-14-15-16-17(19)18(20)21;2*1-2-3-4-5-6-7-8-9-10-11-12-13-14-15(17)16(18)19;2*1-2-3-4-5-6-7-8-9-10-11-12-13(15)14(16)17;2*1-2-3-4-5-6-7-8-9-10-11(13)12(14)15/h17,19H,2-16H2,1H3,(H,20,21);2*15,17H,2-14H2,1H3,(H,18,19);2*13,15H,2-12H2,1H3,(H,16,17);2*11,13H,2-10H2,1H3,(H,14,15). The summed E-state index contributed by atoms with van der Waals surface area (Å²) in [5.41, 5.74) is 0. The van der Waals surface area contributed by atoms with E-state index in [9.17, 15) is 33.6 Å². The van der Waals surface area contributed by atoms with Crippen LogP contribution in [0.25, 0.3) is 0 Å². The van der Waals surface area contributed by atoms with E-state index in [-0.39, 0.29) is 0 Å². The van der Waals surface area contributed by atoms with Gasteiger partial charge in [0.1, 0.15) is 0 Å². The SMILES string of the molecule is CCCCCCCCCCC(O)C(=O)O.CCCCCCCCCCC(O)C(=O)O.CCCCCCCCCCCCC(O)C(=O)O.CCCCCCCCCCCCC(O)C(=O)O.CCCCCCCCCCCCCCC(O)C(=O)O.CCCCCCCCCCCCCCC(O)C(=O)O.CCCCCCCCCCCCCCCCC(O)C(=O)O. The van der Waals surface area contributed by atoms with Crippen molar-refractivity contribution in [2.45, 2.75) is 611 Å². The van der Waals surface area contributed by atoms with Crippen LogP contribution in [0.3, 0.4) is 0 Å². The van der Waals surface area contributed by atoms with Crippen LogP contribution in [0.2, 0.25) is 0 Å². The molecule has 0 radical (unpaired) electrons. The lowest BCUT2D eigenvalue weighted by atomic mass is 10.0. The third-order valence-corrected chi connectivity index (χ3v) is 22.8. The Hall–Kier alpha value is -3.99. The first-order chi connectivity index (χ1) is 59.3. The molecule has 14 N–H and O–H groups in total. The number of carboxylic acid groups (broad SMARTS) is 7. The van der Waals surface area contributed by atoms with Crippen LogP contribution in [0.15, 0.2) is 0 Å². The van der Waals surface area contributed by atoms with E-state index in [4.69, 9.17) is 71.5 Å². The van der Waals surface area contributed by atoms with Crippen LogP contribution in [0.4, 0.5) is 0 Å². The smallest absolute Gasteiger partial charge is 0.332 e. The minimum Gasteiger partial charge on any atom is -0.479 e. The molecule has 0 saturated carbocycles. The molecule has 0 spiro atoms. The number of carboxylic acids is 7. The van der Waals surface area contributed by atoms with E-state index in [0.717, 1.165) is 103 Å². The Balaban J connectivity index is -0.000000256. The van der Waals surface area contributed by atoms with Crippen LogP contribution >= 0.6 is 0 Å². The molecule has 0 aliphatic heterocycles. The largest absolute Gasteiger partial charge is 0.479 e. The molecule has 0 aromatic rings. The molecule has 123 heavy (non-hydrogen) atoms. The first-order valence-corrected chi connectivity index (χ1v) is 51.6. The summed E-state index contributed by atoms with van der Waals surface area (Å²) in [7, 11) is 0. The maximum atomic E-state index is 10.4. The molecular formula is C102H204O21. The zero-order valence-electron chi connectivity index (χ0n) is 80.9. The first kappa shape index (κ1) is 132. The molecule has 738 valence electrons. The van der Waals surface area contributed by atoms with Gasteiger partial charge in [-0.05, 0) is 44.9 Å². The van der Waals surface area contributed by atoms with E-state index in [0.29, 0.717) is 44.9 Å². The van der Waals surface area contributed by atoms with Crippen LogP contribution < -0.4 is 0 Å². The quantitative estimate of drug-likeness (QED) is 0.0252. The Labute approximate surface area is 754 Å². The average molecular weight is 1770 g/mol. The van der Waals surface area contributed by atoms with Crippen LogP contribution in [-0.2, 0) is 33.6 Å². The molecule has 21 heteroatoms. The van der Waals surface area contributed by atoms with Crippen molar-refractivity contribution in [3.05, 3.63) is 0 Å². The van der Waals surface area contributed by atoms with Gasteiger partial charge in [-0.25, -0.2) is 33.6 Å². The van der Waals surface area contributed by atoms with Crippen molar-refractivity contribution in [2.75, 3.05) is 0 Å². The van der Waals surface area contributed by atoms with Crippen molar-refractivity contribution in [2.24, 2.45) is 0 Å². The third kappa shape index (κ3) is 127. The van der Waals surface area contributed by atoms with Gasteiger partial charge in [-0.15, -0.1) is 0 Å². The Morgan fingerprint density at radius 2 is 0.179 bits per heavy atom. The molecule has 7 atom stereocenters. The van der Waals surface area contributed by atoms with Crippen molar-refractivity contribution in [1.82, 2.24) is 0 Å². The lowest BCUT2D eigenvalue weighted by Crippen LogP contribution is -2.18. The fourth-order valence-corrected chi connectivity index (χ4v) is 14.3. The summed E-state index contributed by atoms with van der Waals surface area (Å²) in [5.74, 6) is -7.67. The van der Waals surface area contributed by atoms with Crippen LogP contribution in [0.5, 0.6) is 0 Å². The summed E-state index contributed by atoms with van der Waals surface area (Å²) in [6.45, 7) is 15.6. The number of rotatable bonds is 88. The predicted molar refractivity (Wildman–Crippen MR) is 509 cm³/mol. The van der Waals surface area contributed by atoms with Gasteiger partial charge in [0, 0.05) is 0 Å². The number of unbranched alkanes of at least 4 members (excludes halogenated alkanes) is 67. The normalized spacial score (nSPS) is 12.6. The highest BCUT2D eigenvalue weighted by molar-refractivity contribution is 5.73. The molecule has 0 aliphatic rings. The summed E-state index contributed by atoms with van der Waals surface area (Å²) < 4.78 is 0. The van der Waals surface area contributed by atoms with E-state index in [2.05, 4.69) is 48.5 Å². The van der Waals surface area contributed by atoms with Gasteiger partial charge in [0.2, 0.25) is 0 Å². The molecule has 21 nitrogen and oxygen atoms in total. The highest BCUT2D eigenvalue weighted by Crippen LogP contribution is 2.20. The lowest BCUT2D eigenvalue weighted by molar-refractivity contribution is -0.147. The summed E-state index contributed by atoms with van der Waals surface area (Å²) in [6, 6.07) is 0. The number of aliphatic hydroxyl groups excluding tert-OH is 7. The predicted octanol–water partition coefficient (Wildman–Crippen LogP) is 27.8. The lowest BCUT2D eigenvalue weighted by Gasteiger charge is -2.05. The molecule has 0 aromatic heterocycles. The second kappa shape index (κ2) is 114. The van der Waals surface area contributed by atoms with E-state index in [1.807, 2.05) is 0 Å². The zero-order chi connectivity index (χ0) is 93.4. The van der Waals surface area contributed by atoms with Gasteiger partial charge in [-0.3, -0.25) is 0 Å². The van der Waals surface area contributed by atoms with E-state index in [1.165, 1.54) is 372 Å². The molecule has 7 unspecified atom stereocenters. The van der Waals surface area contributed by atoms with Gasteiger partial charge >= 0.3 is 41.8 Å². The van der Waals surface area contributed by atoms with Gasteiger partial charge in [0.05, 0.1) is 0 Å². The molecule has 0 saturated heterocycles. The second-order valence-corrected chi connectivity index (χ2v) is 35.2. The van der Waals surface area contributed by atoms with Crippen molar-refractivity contribution in [3.63, 3.8) is 0 Å². The molecule has 0 rings (SSSR count). The monoisotopic (exact) mass is 1770 g/mol. The molecule has 0 heterocycles. The minimum atomic E-state index is -1.16. The maximum absolute atomic E-state index is 10.4. The fourth-order valence-electron chi connectivity index (χ4n) is 14.3. The number of carbonyl (C=O) groups is 7. The minimum absolute atomic E-state index is 0.393. The maximum Gasteiger partial charge on any atom is 0.332 e.